The number of carbonyl (C=O) groups excluding carboxylic acids is 2. The molecule has 0 aromatic heterocycles. The number of rotatable bonds is 5. The van der Waals surface area contributed by atoms with Crippen molar-refractivity contribution in [2.45, 2.75) is 6.92 Å². The highest BCUT2D eigenvalue weighted by Crippen LogP contribution is 2.22. The lowest BCUT2D eigenvalue weighted by Crippen LogP contribution is -2.18. The molecule has 136 valence electrons. The predicted molar refractivity (Wildman–Crippen MR) is 107 cm³/mol. The zero-order valence-electron chi connectivity index (χ0n) is 15.2. The summed E-state index contributed by atoms with van der Waals surface area (Å²) in [6.07, 6.45) is 0. The summed E-state index contributed by atoms with van der Waals surface area (Å²) in [6.45, 7) is 1.96. The molecular weight excluding hydrogens is 340 g/mol. The van der Waals surface area contributed by atoms with Crippen molar-refractivity contribution in [3.63, 3.8) is 0 Å². The van der Waals surface area contributed by atoms with Gasteiger partial charge in [0.25, 0.3) is 11.8 Å². The molecule has 5 heteroatoms. The van der Waals surface area contributed by atoms with E-state index in [9.17, 15) is 9.59 Å². The van der Waals surface area contributed by atoms with Gasteiger partial charge in [-0.05, 0) is 48.9 Å². The largest absolute Gasteiger partial charge is 0.496 e. The molecule has 0 heterocycles. The summed E-state index contributed by atoms with van der Waals surface area (Å²) < 4.78 is 5.23. The molecule has 0 aliphatic rings. The second-order valence-electron chi connectivity index (χ2n) is 6.02. The Bertz CT molecular complexity index is 983. The van der Waals surface area contributed by atoms with Gasteiger partial charge in [-0.25, -0.2) is 0 Å². The molecule has 27 heavy (non-hydrogen) atoms. The van der Waals surface area contributed by atoms with Crippen LogP contribution >= 0.6 is 0 Å². The number of hydrogen-bond acceptors (Lipinski definition) is 3. The molecule has 3 rings (SSSR count). The molecule has 0 saturated heterocycles. The monoisotopic (exact) mass is 360 g/mol. The number of carbonyl (C=O) groups is 2. The molecule has 0 unspecified atom stereocenters. The van der Waals surface area contributed by atoms with Crippen molar-refractivity contribution in [2.24, 2.45) is 0 Å². The van der Waals surface area contributed by atoms with E-state index in [0.717, 1.165) is 5.56 Å². The predicted octanol–water partition coefficient (Wildman–Crippen LogP) is 4.51. The van der Waals surface area contributed by atoms with Crippen LogP contribution in [0, 0.1) is 6.92 Å². The maximum atomic E-state index is 12.7. The van der Waals surface area contributed by atoms with Crippen LogP contribution in [0.25, 0.3) is 0 Å². The smallest absolute Gasteiger partial charge is 0.259 e. The Hall–Kier alpha value is -3.60. The number of methoxy groups -OCH3 is 1. The topological polar surface area (TPSA) is 67.4 Å². The Morgan fingerprint density at radius 2 is 1.44 bits per heavy atom. The van der Waals surface area contributed by atoms with Gasteiger partial charge in [0.05, 0.1) is 23.9 Å². The average Bonchev–Trinajstić information content (AvgIpc) is 2.68. The first-order chi connectivity index (χ1) is 13.1. The van der Waals surface area contributed by atoms with E-state index in [1.807, 2.05) is 31.2 Å². The van der Waals surface area contributed by atoms with Crippen LogP contribution in [0.1, 0.15) is 26.3 Å². The fraction of sp³-hybridized carbons (Fsp3) is 0.0909. The van der Waals surface area contributed by atoms with Crippen molar-refractivity contribution in [1.82, 2.24) is 0 Å². The normalized spacial score (nSPS) is 10.1. The summed E-state index contributed by atoms with van der Waals surface area (Å²) in [5.74, 6) is -0.170. The summed E-state index contributed by atoms with van der Waals surface area (Å²) in [5.41, 5.74) is 2.95. The summed E-state index contributed by atoms with van der Waals surface area (Å²) in [4.78, 5) is 25.3. The Balaban J connectivity index is 1.83. The fourth-order valence-corrected chi connectivity index (χ4v) is 2.73. The third kappa shape index (κ3) is 4.33. The first kappa shape index (κ1) is 18.2. The lowest BCUT2D eigenvalue weighted by Gasteiger charge is -2.13. The van der Waals surface area contributed by atoms with Crippen LogP contribution in [0.5, 0.6) is 5.75 Å². The van der Waals surface area contributed by atoms with Gasteiger partial charge in [-0.1, -0.05) is 36.4 Å². The number of nitrogens with one attached hydrogen (secondary N) is 2. The molecule has 0 fully saturated rings. The van der Waals surface area contributed by atoms with E-state index in [2.05, 4.69) is 10.6 Å². The van der Waals surface area contributed by atoms with Crippen LogP contribution in [-0.2, 0) is 0 Å². The first-order valence-corrected chi connectivity index (χ1v) is 8.50. The van der Waals surface area contributed by atoms with E-state index in [1.54, 1.807) is 48.5 Å². The molecule has 0 aliphatic carbocycles. The molecule has 5 nitrogen and oxygen atoms in total. The highest BCUT2D eigenvalue weighted by molar-refractivity contribution is 6.13. The number of hydrogen-bond donors (Lipinski definition) is 2. The quantitative estimate of drug-likeness (QED) is 0.703. The maximum absolute atomic E-state index is 12.7. The Morgan fingerprint density at radius 3 is 2.19 bits per heavy atom. The summed E-state index contributed by atoms with van der Waals surface area (Å²) in [6, 6.07) is 21.3. The van der Waals surface area contributed by atoms with Crippen LogP contribution in [0.4, 0.5) is 11.4 Å². The molecule has 0 bridgehead atoms. The van der Waals surface area contributed by atoms with Crippen molar-refractivity contribution < 1.29 is 14.3 Å². The zero-order chi connectivity index (χ0) is 19.2. The molecule has 3 aromatic carbocycles. The Kier molecular flexibility index (Phi) is 5.52. The molecule has 0 atom stereocenters. The van der Waals surface area contributed by atoms with E-state index in [0.29, 0.717) is 28.3 Å². The SMILES string of the molecule is COc1ccccc1C(=O)Nc1ccccc1C(=O)Nc1cccc(C)c1. The zero-order valence-corrected chi connectivity index (χ0v) is 15.2. The number of ether oxygens (including phenoxy) is 1. The van der Waals surface area contributed by atoms with Crippen molar-refractivity contribution in [3.8, 4) is 5.75 Å². The summed E-state index contributed by atoms with van der Waals surface area (Å²) >= 11 is 0. The van der Waals surface area contributed by atoms with E-state index >= 15 is 0 Å². The standard InChI is InChI=1S/C22H20N2O3/c1-15-8-7-9-16(14-15)23-21(25)17-10-3-5-12-19(17)24-22(26)18-11-4-6-13-20(18)27-2/h3-14H,1-2H3,(H,23,25)(H,24,26). The summed E-state index contributed by atoms with van der Waals surface area (Å²) in [5, 5.41) is 5.66. The highest BCUT2D eigenvalue weighted by Gasteiger charge is 2.16. The number of benzene rings is 3. The van der Waals surface area contributed by atoms with E-state index in [-0.39, 0.29) is 11.8 Å². The lowest BCUT2D eigenvalue weighted by atomic mass is 10.1. The third-order valence-electron chi connectivity index (χ3n) is 4.05. The molecule has 3 aromatic rings. The van der Waals surface area contributed by atoms with Crippen molar-refractivity contribution in [3.05, 3.63) is 89.5 Å². The second kappa shape index (κ2) is 8.19. The van der Waals surface area contributed by atoms with Gasteiger partial charge in [0, 0.05) is 5.69 Å². The number of amides is 2. The number of aryl methyl sites for hydroxylation is 1. The lowest BCUT2D eigenvalue weighted by molar-refractivity contribution is 0.102. The Morgan fingerprint density at radius 1 is 0.778 bits per heavy atom. The van der Waals surface area contributed by atoms with E-state index < -0.39 is 0 Å². The van der Waals surface area contributed by atoms with Crippen LogP contribution in [0.3, 0.4) is 0 Å². The number of anilines is 2. The summed E-state index contributed by atoms with van der Waals surface area (Å²) in [7, 11) is 1.51. The first-order valence-electron chi connectivity index (χ1n) is 8.50. The minimum Gasteiger partial charge on any atom is -0.496 e. The minimum atomic E-state index is -0.344. The molecular formula is C22H20N2O3. The average molecular weight is 360 g/mol. The van der Waals surface area contributed by atoms with Gasteiger partial charge < -0.3 is 15.4 Å². The highest BCUT2D eigenvalue weighted by atomic mass is 16.5. The molecule has 2 N–H and O–H groups in total. The Labute approximate surface area is 158 Å². The van der Waals surface area contributed by atoms with Crippen LogP contribution in [0.2, 0.25) is 0 Å². The van der Waals surface area contributed by atoms with Crippen LogP contribution < -0.4 is 15.4 Å². The van der Waals surface area contributed by atoms with E-state index in [1.165, 1.54) is 7.11 Å². The fourth-order valence-electron chi connectivity index (χ4n) is 2.73. The van der Waals surface area contributed by atoms with Crippen LogP contribution in [-0.4, -0.2) is 18.9 Å². The molecule has 0 radical (unpaired) electrons. The van der Waals surface area contributed by atoms with Crippen molar-refractivity contribution >= 4 is 23.2 Å². The maximum Gasteiger partial charge on any atom is 0.259 e. The molecule has 0 spiro atoms. The number of para-hydroxylation sites is 2. The molecule has 0 aliphatic heterocycles. The van der Waals surface area contributed by atoms with Gasteiger partial charge >= 0.3 is 0 Å². The van der Waals surface area contributed by atoms with Crippen molar-refractivity contribution in [2.75, 3.05) is 17.7 Å². The van der Waals surface area contributed by atoms with Gasteiger partial charge in [-0.15, -0.1) is 0 Å². The minimum absolute atomic E-state index is 0.295. The van der Waals surface area contributed by atoms with Gasteiger partial charge in [0.15, 0.2) is 0 Å². The molecule has 2 amide bonds. The van der Waals surface area contributed by atoms with Crippen molar-refractivity contribution in [1.29, 1.82) is 0 Å². The van der Waals surface area contributed by atoms with Gasteiger partial charge in [-0.2, -0.15) is 0 Å². The second-order valence-corrected chi connectivity index (χ2v) is 6.02. The van der Waals surface area contributed by atoms with Gasteiger partial charge in [0.1, 0.15) is 5.75 Å². The van der Waals surface area contributed by atoms with Crippen LogP contribution in [0.15, 0.2) is 72.8 Å². The third-order valence-corrected chi connectivity index (χ3v) is 4.05. The van der Waals surface area contributed by atoms with Gasteiger partial charge in [-0.3, -0.25) is 9.59 Å². The van der Waals surface area contributed by atoms with E-state index in [4.69, 9.17) is 4.74 Å². The molecule has 0 saturated carbocycles. The van der Waals surface area contributed by atoms with Gasteiger partial charge in [0.2, 0.25) is 0 Å².